The predicted octanol–water partition coefficient (Wildman–Crippen LogP) is 14.4. The first-order valence-electron chi connectivity index (χ1n) is 24.7. The van der Waals surface area contributed by atoms with E-state index in [1.807, 2.05) is 21.1 Å². The number of likely N-dealkylation sites (N-methyl/N-ethyl adjacent to an activating group) is 1. The van der Waals surface area contributed by atoms with Crippen molar-refractivity contribution >= 4 is 13.8 Å². The van der Waals surface area contributed by atoms with E-state index in [0.29, 0.717) is 24.1 Å². The van der Waals surface area contributed by atoms with Crippen LogP contribution in [0, 0.1) is 0 Å². The number of hydrogen-bond donors (Lipinski definition) is 0. The number of carbonyl (C=O) groups is 1. The van der Waals surface area contributed by atoms with Crippen molar-refractivity contribution in [3.8, 4) is 0 Å². The fourth-order valence-corrected chi connectivity index (χ4v) is 7.18. The molecule has 0 aliphatic rings. The molecule has 0 aliphatic heterocycles. The normalized spacial score (nSPS) is 14.3. The summed E-state index contributed by atoms with van der Waals surface area (Å²) in [7, 11) is 1.32. The van der Waals surface area contributed by atoms with Gasteiger partial charge in [0, 0.05) is 13.0 Å². The highest BCUT2D eigenvalue weighted by Crippen LogP contribution is 2.38. The predicted molar refractivity (Wildman–Crippen MR) is 259 cm³/mol. The highest BCUT2D eigenvalue weighted by atomic mass is 31.2. The Kier molecular flexibility index (Phi) is 43.0. The summed E-state index contributed by atoms with van der Waals surface area (Å²) in [6, 6.07) is 0. The third-order valence-corrected chi connectivity index (χ3v) is 11.2. The molecule has 0 fully saturated rings. The summed E-state index contributed by atoms with van der Waals surface area (Å²) in [6.07, 6.45) is 57.9. The van der Waals surface area contributed by atoms with Gasteiger partial charge in [0.25, 0.3) is 7.82 Å². The summed E-state index contributed by atoms with van der Waals surface area (Å²) in [5.41, 5.74) is 0. The fourth-order valence-electron chi connectivity index (χ4n) is 6.45. The van der Waals surface area contributed by atoms with Crippen molar-refractivity contribution in [1.82, 2.24) is 0 Å². The molecule has 0 radical (unpaired) electrons. The van der Waals surface area contributed by atoms with Gasteiger partial charge in [0.15, 0.2) is 0 Å². The van der Waals surface area contributed by atoms with Gasteiger partial charge in [-0.3, -0.25) is 9.36 Å². The highest BCUT2D eigenvalue weighted by Gasteiger charge is 2.20. The number of esters is 1. The van der Waals surface area contributed by atoms with E-state index in [9.17, 15) is 14.3 Å². The number of allylic oxidation sites excluding steroid dienone is 12. The second-order valence-electron chi connectivity index (χ2n) is 17.4. The van der Waals surface area contributed by atoms with Gasteiger partial charge in [-0.15, -0.1) is 0 Å². The topological polar surface area (TPSA) is 94.1 Å². The van der Waals surface area contributed by atoms with Gasteiger partial charge in [0.05, 0.1) is 34.4 Å². The van der Waals surface area contributed by atoms with E-state index in [4.69, 9.17) is 18.5 Å². The van der Waals surface area contributed by atoms with Crippen molar-refractivity contribution in [2.45, 2.75) is 200 Å². The lowest BCUT2D eigenvalue weighted by molar-refractivity contribution is -0.870. The molecule has 2 unspecified atom stereocenters. The lowest BCUT2D eigenvalue weighted by atomic mass is 10.1. The third-order valence-electron chi connectivity index (χ3n) is 10.2. The molecule has 0 spiro atoms. The fraction of sp³-hybridized carbons (Fsp3) is 0.750. The Morgan fingerprint density at radius 1 is 0.525 bits per heavy atom. The Morgan fingerprint density at radius 2 is 0.951 bits per heavy atom. The van der Waals surface area contributed by atoms with Crippen LogP contribution in [0.5, 0.6) is 0 Å². The largest absolute Gasteiger partial charge is 0.756 e. The zero-order chi connectivity index (χ0) is 44.8. The summed E-state index contributed by atoms with van der Waals surface area (Å²) in [4.78, 5) is 25.1. The smallest absolute Gasteiger partial charge is 0.306 e. The summed E-state index contributed by atoms with van der Waals surface area (Å²) in [5.74, 6) is -0.353. The SMILES string of the molecule is CC/C=C\C/C=C\C/C=C\C/C=C\C/C=C\CCCCOCC(COP(=O)([O-])OCC[N+](C)(C)C)OC(=O)CCCCCCCCCCC/C=C\CCCCCCCCCC. The first-order chi connectivity index (χ1) is 29.6. The van der Waals surface area contributed by atoms with Crippen molar-refractivity contribution in [1.29, 1.82) is 0 Å². The van der Waals surface area contributed by atoms with Crippen LogP contribution in [-0.4, -0.2) is 70.7 Å². The van der Waals surface area contributed by atoms with E-state index >= 15 is 0 Å². The first-order valence-corrected chi connectivity index (χ1v) is 26.1. The quantitative estimate of drug-likeness (QED) is 0.0198. The second-order valence-corrected chi connectivity index (χ2v) is 18.8. The molecule has 0 aromatic carbocycles. The number of unbranched alkanes of at least 4 members (excludes halogenated alkanes) is 19. The average molecular weight is 876 g/mol. The van der Waals surface area contributed by atoms with E-state index in [0.717, 1.165) is 70.6 Å². The Bertz CT molecular complexity index is 1200. The number of phosphoric acid groups is 1. The second kappa shape index (κ2) is 44.5. The molecule has 354 valence electrons. The maximum Gasteiger partial charge on any atom is 0.306 e. The molecular weight excluding hydrogens is 782 g/mol. The molecule has 8 nitrogen and oxygen atoms in total. The van der Waals surface area contributed by atoms with Gasteiger partial charge in [-0.1, -0.05) is 177 Å². The minimum atomic E-state index is -4.55. The molecule has 0 aromatic heterocycles. The van der Waals surface area contributed by atoms with E-state index in [2.05, 4.69) is 86.8 Å². The van der Waals surface area contributed by atoms with E-state index in [1.54, 1.807) is 0 Å². The molecule has 0 aromatic rings. The number of carbonyl (C=O) groups excluding carboxylic acids is 1. The Balaban J connectivity index is 4.25. The van der Waals surface area contributed by atoms with E-state index in [1.165, 1.54) is 103 Å². The molecule has 0 bridgehead atoms. The average Bonchev–Trinajstić information content (AvgIpc) is 3.22. The van der Waals surface area contributed by atoms with Gasteiger partial charge in [-0.05, 0) is 83.5 Å². The maximum atomic E-state index is 12.7. The van der Waals surface area contributed by atoms with Gasteiger partial charge in [-0.25, -0.2) is 0 Å². The summed E-state index contributed by atoms with van der Waals surface area (Å²) < 4.78 is 34.6. The van der Waals surface area contributed by atoms with Gasteiger partial charge in [0.2, 0.25) is 0 Å². The van der Waals surface area contributed by atoms with Gasteiger partial charge < -0.3 is 27.9 Å². The van der Waals surface area contributed by atoms with Crippen LogP contribution in [0.3, 0.4) is 0 Å². The third kappa shape index (κ3) is 48.8. The monoisotopic (exact) mass is 876 g/mol. The molecule has 0 saturated carbocycles. The van der Waals surface area contributed by atoms with Gasteiger partial charge in [0.1, 0.15) is 19.3 Å². The van der Waals surface area contributed by atoms with Gasteiger partial charge >= 0.3 is 5.97 Å². The lowest BCUT2D eigenvalue weighted by Crippen LogP contribution is -2.37. The molecule has 0 heterocycles. The number of rotatable bonds is 45. The maximum absolute atomic E-state index is 12.7. The Hall–Kier alpha value is -2.06. The van der Waals surface area contributed by atoms with Crippen LogP contribution in [0.4, 0.5) is 0 Å². The van der Waals surface area contributed by atoms with Crippen LogP contribution in [-0.2, 0) is 27.9 Å². The molecule has 2 atom stereocenters. The minimum absolute atomic E-state index is 0.0141. The molecule has 0 rings (SSSR count). The zero-order valence-electron chi connectivity index (χ0n) is 40.1. The van der Waals surface area contributed by atoms with Crippen molar-refractivity contribution in [2.75, 3.05) is 54.1 Å². The number of quaternary nitrogens is 1. The standard InChI is InChI=1S/C52H94NO7P/c1-6-8-10-12-14-16-18-20-22-24-26-27-28-29-31-33-35-37-39-41-43-45-52(54)60-51(50-59-61(55,56)58-48-46-53(3,4)5)49-57-47-44-42-40-38-36-34-32-30-25-23-21-19-17-15-13-11-9-7-2/h9,11,15,17,21,23-24,26,30,32,36,38,51H,6-8,10,12-14,16,18-20,22,25,27-29,31,33-35,37,39-50H2,1-5H3/b11-9-,17-15-,23-21-,26-24-,32-30-,38-36-. The number of nitrogens with zero attached hydrogens (tertiary/aromatic N) is 1. The first kappa shape index (κ1) is 58.9. The molecule has 0 aliphatic carbocycles. The van der Waals surface area contributed by atoms with Crippen molar-refractivity contribution in [3.05, 3.63) is 72.9 Å². The van der Waals surface area contributed by atoms with Crippen molar-refractivity contribution < 1.29 is 37.3 Å². The molecule has 61 heavy (non-hydrogen) atoms. The van der Waals surface area contributed by atoms with Crippen LogP contribution >= 0.6 is 7.82 Å². The van der Waals surface area contributed by atoms with E-state index in [-0.39, 0.29) is 25.8 Å². The summed E-state index contributed by atoms with van der Waals surface area (Å²) in [5, 5.41) is 0. The van der Waals surface area contributed by atoms with E-state index < -0.39 is 13.9 Å². The van der Waals surface area contributed by atoms with Crippen LogP contribution < -0.4 is 4.89 Å². The summed E-state index contributed by atoms with van der Waals surface area (Å²) in [6.45, 7) is 5.18. The molecule has 0 N–H and O–H groups in total. The number of phosphoric ester groups is 1. The van der Waals surface area contributed by atoms with Crippen LogP contribution in [0.25, 0.3) is 0 Å². The number of ether oxygens (including phenoxy) is 2. The zero-order valence-corrected chi connectivity index (χ0v) is 41.0. The molecular formula is C52H94NO7P. The van der Waals surface area contributed by atoms with Crippen molar-refractivity contribution in [2.24, 2.45) is 0 Å². The molecule has 0 amide bonds. The molecule has 9 heteroatoms. The Morgan fingerprint density at radius 3 is 1.44 bits per heavy atom. The lowest BCUT2D eigenvalue weighted by Gasteiger charge is -2.28. The Labute approximate surface area is 376 Å². The molecule has 0 saturated heterocycles. The van der Waals surface area contributed by atoms with Gasteiger partial charge in [-0.2, -0.15) is 0 Å². The van der Waals surface area contributed by atoms with Crippen LogP contribution in [0.2, 0.25) is 0 Å². The number of hydrogen-bond acceptors (Lipinski definition) is 7. The van der Waals surface area contributed by atoms with Crippen molar-refractivity contribution in [3.63, 3.8) is 0 Å². The highest BCUT2D eigenvalue weighted by molar-refractivity contribution is 7.45. The van der Waals surface area contributed by atoms with Crippen LogP contribution in [0.15, 0.2) is 72.9 Å². The minimum Gasteiger partial charge on any atom is -0.756 e. The summed E-state index contributed by atoms with van der Waals surface area (Å²) >= 11 is 0. The van der Waals surface area contributed by atoms with Crippen LogP contribution in [0.1, 0.15) is 194 Å².